The third-order valence-corrected chi connectivity index (χ3v) is 7.15. The lowest BCUT2D eigenvalue weighted by atomic mass is 10.0. The van der Waals surface area contributed by atoms with Gasteiger partial charge in [0, 0.05) is 21.8 Å². The Kier molecular flexibility index (Phi) is 8.80. The van der Waals surface area contributed by atoms with Crippen LogP contribution in [0.25, 0.3) is 0 Å². The molecule has 0 saturated heterocycles. The number of benzene rings is 4. The van der Waals surface area contributed by atoms with Crippen LogP contribution in [0.2, 0.25) is 0 Å². The van der Waals surface area contributed by atoms with Crippen LogP contribution in [0.1, 0.15) is 52.2 Å². The van der Waals surface area contributed by atoms with Crippen LogP contribution in [0.15, 0.2) is 102 Å². The molecule has 0 saturated carbocycles. The lowest BCUT2D eigenvalue weighted by molar-refractivity contribution is -0.115. The maximum atomic E-state index is 13.3. The number of primary amides is 1. The van der Waals surface area contributed by atoms with E-state index < -0.39 is 34.6 Å². The summed E-state index contributed by atoms with van der Waals surface area (Å²) in [6.45, 7) is 0. The van der Waals surface area contributed by atoms with Crippen molar-refractivity contribution in [1.29, 1.82) is 0 Å². The van der Waals surface area contributed by atoms with Crippen LogP contribution < -0.4 is 16.4 Å². The van der Waals surface area contributed by atoms with Crippen LogP contribution in [0, 0.1) is 0 Å². The largest absolute Gasteiger partial charge is 0.478 e. The summed E-state index contributed by atoms with van der Waals surface area (Å²) >= 11 is 1.28. The van der Waals surface area contributed by atoms with E-state index in [-0.39, 0.29) is 17.0 Å². The van der Waals surface area contributed by atoms with E-state index in [4.69, 9.17) is 10.8 Å². The van der Waals surface area contributed by atoms with E-state index in [0.717, 1.165) is 23.8 Å². The maximum Gasteiger partial charge on any atom is 0.336 e. The second-order valence-corrected chi connectivity index (χ2v) is 9.87. The number of amides is 3. The molecule has 206 valence electrons. The van der Waals surface area contributed by atoms with Crippen molar-refractivity contribution in [2.24, 2.45) is 5.73 Å². The molecule has 3 amide bonds. The number of carbonyl (C=O) groups is 5. The summed E-state index contributed by atoms with van der Waals surface area (Å²) in [5.41, 5.74) is 6.35. The van der Waals surface area contributed by atoms with Crippen molar-refractivity contribution in [3.63, 3.8) is 0 Å². The average Bonchev–Trinajstić information content (AvgIpc) is 2.97. The van der Waals surface area contributed by atoms with Gasteiger partial charge in [-0.3, -0.25) is 14.4 Å². The van der Waals surface area contributed by atoms with E-state index in [1.807, 2.05) is 30.3 Å². The van der Waals surface area contributed by atoms with Gasteiger partial charge in [0.25, 0.3) is 5.91 Å². The molecule has 0 heterocycles. The molecule has 10 nitrogen and oxygen atoms in total. The number of carboxylic acids is 2. The Bertz CT molecular complexity index is 1620. The number of nitrogens with one attached hydrogen (secondary N) is 2. The van der Waals surface area contributed by atoms with E-state index in [1.165, 1.54) is 23.9 Å². The number of carbonyl (C=O) groups excluding carboxylic acids is 3. The number of anilines is 2. The quantitative estimate of drug-likeness (QED) is 0.167. The van der Waals surface area contributed by atoms with Gasteiger partial charge in [-0.2, -0.15) is 0 Å². The molecule has 0 aliphatic carbocycles. The molecule has 0 aromatic heterocycles. The standard InChI is InChI=1S/C30H23N3O7S/c31-26(34)18-6-9-20(10-7-18)33-28(36)25(17-4-2-1-3-5-17)41-22-13-11-21(12-14-22)32-27(35)23-15-8-19(29(37)38)16-24(23)30(39)40/h1-16,25H,(H2,31,34)(H,32,35)(H,33,36)(H,37,38)(H,39,40). The van der Waals surface area contributed by atoms with Crippen LogP contribution >= 0.6 is 11.8 Å². The first-order valence-electron chi connectivity index (χ1n) is 12.1. The van der Waals surface area contributed by atoms with Crippen molar-refractivity contribution in [2.45, 2.75) is 10.1 Å². The number of hydrogen-bond donors (Lipinski definition) is 5. The predicted octanol–water partition coefficient (Wildman–Crippen LogP) is 4.91. The fourth-order valence-electron chi connectivity index (χ4n) is 3.83. The summed E-state index contributed by atoms with van der Waals surface area (Å²) in [5.74, 6) is -4.33. The van der Waals surface area contributed by atoms with Gasteiger partial charge in [-0.15, -0.1) is 11.8 Å². The lowest BCUT2D eigenvalue weighted by Crippen LogP contribution is -2.19. The van der Waals surface area contributed by atoms with Crippen LogP contribution in [0.3, 0.4) is 0 Å². The highest BCUT2D eigenvalue weighted by atomic mass is 32.2. The van der Waals surface area contributed by atoms with Gasteiger partial charge in [-0.05, 0) is 72.3 Å². The van der Waals surface area contributed by atoms with E-state index in [0.29, 0.717) is 21.8 Å². The van der Waals surface area contributed by atoms with Crippen molar-refractivity contribution < 1.29 is 34.2 Å². The summed E-state index contributed by atoms with van der Waals surface area (Å²) in [4.78, 5) is 60.9. The minimum Gasteiger partial charge on any atom is -0.478 e. The van der Waals surface area contributed by atoms with Crippen molar-refractivity contribution >= 4 is 52.8 Å². The molecule has 41 heavy (non-hydrogen) atoms. The van der Waals surface area contributed by atoms with Crippen LogP contribution in [0.4, 0.5) is 11.4 Å². The highest BCUT2D eigenvalue weighted by Crippen LogP contribution is 2.36. The molecule has 0 aliphatic rings. The van der Waals surface area contributed by atoms with Crippen molar-refractivity contribution in [2.75, 3.05) is 10.6 Å². The molecule has 6 N–H and O–H groups in total. The summed E-state index contributed by atoms with van der Waals surface area (Å²) in [5, 5.41) is 23.4. The Labute approximate surface area is 238 Å². The zero-order valence-corrected chi connectivity index (χ0v) is 22.1. The highest BCUT2D eigenvalue weighted by molar-refractivity contribution is 8.00. The molecule has 1 atom stereocenters. The number of nitrogens with two attached hydrogens (primary N) is 1. The molecule has 0 radical (unpaired) electrons. The minimum atomic E-state index is -1.43. The molecule has 0 fully saturated rings. The predicted molar refractivity (Wildman–Crippen MR) is 153 cm³/mol. The third-order valence-electron chi connectivity index (χ3n) is 5.89. The molecule has 0 aliphatic heterocycles. The van der Waals surface area contributed by atoms with Crippen LogP contribution in [-0.4, -0.2) is 39.9 Å². The molecule has 4 rings (SSSR count). The van der Waals surface area contributed by atoms with Crippen molar-refractivity contribution in [1.82, 2.24) is 0 Å². The molecule has 1 unspecified atom stereocenters. The second-order valence-electron chi connectivity index (χ2n) is 8.69. The van der Waals surface area contributed by atoms with Crippen molar-refractivity contribution in [3.05, 3.63) is 125 Å². The fraction of sp³-hybridized carbons (Fsp3) is 0.0333. The van der Waals surface area contributed by atoms with Gasteiger partial charge in [0.2, 0.25) is 11.8 Å². The first kappa shape index (κ1) is 28.6. The van der Waals surface area contributed by atoms with Gasteiger partial charge in [-0.1, -0.05) is 30.3 Å². The summed E-state index contributed by atoms with van der Waals surface area (Å²) in [6, 6.07) is 25.2. The Hall–Kier alpha value is -5.42. The molecular formula is C30H23N3O7S. The summed E-state index contributed by atoms with van der Waals surface area (Å²) in [6.07, 6.45) is 0. The van der Waals surface area contributed by atoms with Gasteiger partial charge in [0.1, 0.15) is 5.25 Å². The van der Waals surface area contributed by atoms with E-state index in [2.05, 4.69) is 10.6 Å². The average molecular weight is 570 g/mol. The highest BCUT2D eigenvalue weighted by Gasteiger charge is 2.23. The van der Waals surface area contributed by atoms with Gasteiger partial charge >= 0.3 is 11.9 Å². The molecule has 0 bridgehead atoms. The van der Waals surface area contributed by atoms with Gasteiger partial charge in [0.15, 0.2) is 0 Å². The second kappa shape index (κ2) is 12.6. The fourth-order valence-corrected chi connectivity index (χ4v) is 4.85. The Balaban J connectivity index is 1.50. The molecule has 0 spiro atoms. The Morgan fingerprint density at radius 3 is 1.83 bits per heavy atom. The smallest absolute Gasteiger partial charge is 0.336 e. The monoisotopic (exact) mass is 569 g/mol. The normalized spacial score (nSPS) is 11.2. The Morgan fingerprint density at radius 2 is 1.24 bits per heavy atom. The SMILES string of the molecule is NC(=O)c1ccc(NC(=O)C(Sc2ccc(NC(=O)c3ccc(C(=O)O)cc3C(=O)O)cc2)c2ccccc2)cc1. The zero-order chi connectivity index (χ0) is 29.5. The van der Waals surface area contributed by atoms with E-state index in [1.54, 1.807) is 36.4 Å². The van der Waals surface area contributed by atoms with Gasteiger partial charge in [-0.25, -0.2) is 9.59 Å². The zero-order valence-electron chi connectivity index (χ0n) is 21.2. The number of hydrogen-bond acceptors (Lipinski definition) is 6. The molecule has 4 aromatic carbocycles. The molecule has 4 aromatic rings. The topological polar surface area (TPSA) is 176 Å². The van der Waals surface area contributed by atoms with Crippen LogP contribution in [-0.2, 0) is 4.79 Å². The molecule has 11 heteroatoms. The van der Waals surface area contributed by atoms with Gasteiger partial charge < -0.3 is 26.6 Å². The number of carboxylic acid groups (broad SMARTS) is 2. The first-order valence-corrected chi connectivity index (χ1v) is 12.9. The third kappa shape index (κ3) is 7.16. The van der Waals surface area contributed by atoms with E-state index >= 15 is 0 Å². The summed E-state index contributed by atoms with van der Waals surface area (Å²) in [7, 11) is 0. The number of rotatable bonds is 10. The van der Waals surface area contributed by atoms with Gasteiger partial charge in [0.05, 0.1) is 16.7 Å². The number of aromatic carboxylic acids is 2. The van der Waals surface area contributed by atoms with Crippen molar-refractivity contribution in [3.8, 4) is 0 Å². The minimum absolute atomic E-state index is 0.189. The number of thioether (sulfide) groups is 1. The first-order chi connectivity index (χ1) is 19.6. The summed E-state index contributed by atoms with van der Waals surface area (Å²) < 4.78 is 0. The van der Waals surface area contributed by atoms with E-state index in [9.17, 15) is 29.1 Å². The molecular weight excluding hydrogens is 546 g/mol. The maximum absolute atomic E-state index is 13.3. The Morgan fingerprint density at radius 1 is 0.659 bits per heavy atom. The van der Waals surface area contributed by atoms with Crippen LogP contribution in [0.5, 0.6) is 0 Å². The lowest BCUT2D eigenvalue weighted by Gasteiger charge is -2.17.